The molecule has 0 spiro atoms. The van der Waals surface area contributed by atoms with Crippen LogP contribution in [0.25, 0.3) is 0 Å². The van der Waals surface area contributed by atoms with Crippen molar-refractivity contribution >= 4 is 22.0 Å². The van der Waals surface area contributed by atoms with Gasteiger partial charge in [0.15, 0.2) is 5.82 Å². The minimum atomic E-state index is -0.375. The lowest BCUT2D eigenvalue weighted by molar-refractivity contribution is 0.0897. The van der Waals surface area contributed by atoms with Gasteiger partial charge in [0.1, 0.15) is 0 Å². The van der Waals surface area contributed by atoms with Gasteiger partial charge in [0.2, 0.25) is 0 Å². The number of carbonyl (C=O) groups is 1. The van der Waals surface area contributed by atoms with Crippen LogP contribution in [0.1, 0.15) is 36.7 Å². The Morgan fingerprint density at radius 3 is 2.60 bits per heavy atom. The van der Waals surface area contributed by atoms with Crippen LogP contribution in [0.2, 0.25) is 0 Å². The van der Waals surface area contributed by atoms with Crippen molar-refractivity contribution in [1.29, 1.82) is 0 Å². The lowest BCUT2D eigenvalue weighted by atomic mass is 9.72. The van der Waals surface area contributed by atoms with Crippen LogP contribution in [0.4, 0.5) is 4.79 Å². The van der Waals surface area contributed by atoms with E-state index in [0.717, 1.165) is 28.4 Å². The number of hydrogen-bond acceptors (Lipinski definition) is 5. The van der Waals surface area contributed by atoms with Gasteiger partial charge in [-0.15, -0.1) is 10.2 Å². The highest BCUT2D eigenvalue weighted by atomic mass is 79.9. The summed E-state index contributed by atoms with van der Waals surface area (Å²) in [6, 6.07) is 18.3. The molecule has 0 saturated carbocycles. The third-order valence-electron chi connectivity index (χ3n) is 5.56. The van der Waals surface area contributed by atoms with E-state index in [1.807, 2.05) is 49.4 Å². The maximum Gasteiger partial charge on any atom is 0.409 e. The average Bonchev–Trinajstić information content (AvgIpc) is 3.23. The highest BCUT2D eigenvalue weighted by Gasteiger charge is 2.42. The van der Waals surface area contributed by atoms with Crippen LogP contribution < -0.4 is 0 Å². The molecule has 2 heterocycles. The summed E-state index contributed by atoms with van der Waals surface area (Å²) in [6.07, 6.45) is 1.18. The van der Waals surface area contributed by atoms with E-state index < -0.39 is 0 Å². The fourth-order valence-electron chi connectivity index (χ4n) is 3.98. The van der Waals surface area contributed by atoms with Gasteiger partial charge in [-0.3, -0.25) is 0 Å². The second kappa shape index (κ2) is 8.95. The first-order chi connectivity index (χ1) is 14.6. The lowest BCUT2D eigenvalue weighted by Gasteiger charge is -2.39. The molecule has 7 nitrogen and oxygen atoms in total. The van der Waals surface area contributed by atoms with Crippen LogP contribution in [0.5, 0.6) is 0 Å². The molecule has 0 unspecified atom stereocenters. The predicted molar refractivity (Wildman–Crippen MR) is 116 cm³/mol. The number of piperidine rings is 1. The zero-order valence-corrected chi connectivity index (χ0v) is 18.5. The molecule has 0 radical (unpaired) electrons. The highest BCUT2D eigenvalue weighted by molar-refractivity contribution is 9.10. The number of halogens is 1. The first-order valence-electron chi connectivity index (χ1n) is 10.1. The van der Waals surface area contributed by atoms with Crippen molar-refractivity contribution in [2.45, 2.75) is 31.7 Å². The van der Waals surface area contributed by atoms with Gasteiger partial charge in [-0.05, 0) is 48.2 Å². The van der Waals surface area contributed by atoms with Gasteiger partial charge in [0.25, 0.3) is 0 Å². The zero-order chi connectivity index (χ0) is 21.0. The van der Waals surface area contributed by atoms with Gasteiger partial charge in [0, 0.05) is 17.6 Å². The van der Waals surface area contributed by atoms with E-state index in [9.17, 15) is 4.79 Å². The van der Waals surface area contributed by atoms with Crippen molar-refractivity contribution in [3.8, 4) is 0 Å². The Morgan fingerprint density at radius 1 is 1.13 bits per heavy atom. The third-order valence-corrected chi connectivity index (χ3v) is 6.06. The fourth-order valence-corrected chi connectivity index (χ4v) is 4.43. The smallest absolute Gasteiger partial charge is 0.409 e. The van der Waals surface area contributed by atoms with Crippen LogP contribution >= 0.6 is 15.9 Å². The number of benzene rings is 2. The van der Waals surface area contributed by atoms with Gasteiger partial charge in [-0.2, -0.15) is 4.80 Å². The molecular formula is C22H24BrN5O2. The minimum Gasteiger partial charge on any atom is -0.450 e. The summed E-state index contributed by atoms with van der Waals surface area (Å²) in [6.45, 7) is 3.93. The van der Waals surface area contributed by atoms with E-state index >= 15 is 0 Å². The first kappa shape index (κ1) is 20.5. The van der Waals surface area contributed by atoms with Gasteiger partial charge in [-0.1, -0.05) is 58.4 Å². The van der Waals surface area contributed by atoms with Crippen LogP contribution in [0, 0.1) is 0 Å². The summed E-state index contributed by atoms with van der Waals surface area (Å²) in [5.74, 6) is 0.701. The Kier molecular flexibility index (Phi) is 6.13. The maximum atomic E-state index is 12.2. The van der Waals surface area contributed by atoms with E-state index in [1.165, 1.54) is 0 Å². The zero-order valence-electron chi connectivity index (χ0n) is 16.9. The quantitative estimate of drug-likeness (QED) is 0.563. The molecule has 8 heteroatoms. The standard InChI is InChI=1S/C22H24BrN5O2/c1-2-30-21(29)27-13-11-22(12-14-27,18-8-4-3-5-9-18)20-24-26-28(25-20)16-17-7-6-10-19(23)15-17/h3-10,15H,2,11-14,16H2,1H3. The molecule has 1 aromatic heterocycles. The summed E-state index contributed by atoms with van der Waals surface area (Å²) in [5.41, 5.74) is 1.87. The highest BCUT2D eigenvalue weighted by Crippen LogP contribution is 2.39. The van der Waals surface area contributed by atoms with Gasteiger partial charge < -0.3 is 9.64 Å². The van der Waals surface area contributed by atoms with E-state index in [0.29, 0.717) is 32.1 Å². The van der Waals surface area contributed by atoms with Crippen molar-refractivity contribution in [3.05, 3.63) is 76.0 Å². The molecule has 0 bridgehead atoms. The lowest BCUT2D eigenvalue weighted by Crippen LogP contribution is -2.46. The van der Waals surface area contributed by atoms with E-state index in [-0.39, 0.29) is 11.5 Å². The molecule has 3 aromatic rings. The molecule has 1 aliphatic rings. The molecule has 2 aromatic carbocycles. The Balaban J connectivity index is 1.60. The summed E-state index contributed by atoms with van der Waals surface area (Å²) in [5, 5.41) is 13.5. The fraction of sp³-hybridized carbons (Fsp3) is 0.364. The second-order valence-corrected chi connectivity index (χ2v) is 8.32. The monoisotopic (exact) mass is 469 g/mol. The predicted octanol–water partition coefficient (Wildman–Crippen LogP) is 4.02. The topological polar surface area (TPSA) is 73.1 Å². The maximum absolute atomic E-state index is 12.2. The third kappa shape index (κ3) is 4.23. The van der Waals surface area contributed by atoms with Gasteiger partial charge >= 0.3 is 6.09 Å². The number of tetrazole rings is 1. The van der Waals surface area contributed by atoms with Crippen molar-refractivity contribution in [2.75, 3.05) is 19.7 Å². The molecule has 1 fully saturated rings. The molecule has 156 valence electrons. The van der Waals surface area contributed by atoms with Crippen LogP contribution in [-0.2, 0) is 16.7 Å². The molecule has 4 rings (SSSR count). The number of ether oxygens (including phenoxy) is 1. The number of hydrogen-bond donors (Lipinski definition) is 0. The number of likely N-dealkylation sites (tertiary alicyclic amines) is 1. The largest absolute Gasteiger partial charge is 0.450 e. The van der Waals surface area contributed by atoms with E-state index in [2.05, 4.69) is 38.4 Å². The van der Waals surface area contributed by atoms with Gasteiger partial charge in [0.05, 0.1) is 18.6 Å². The molecule has 1 aliphatic heterocycles. The molecule has 0 N–H and O–H groups in total. The Morgan fingerprint density at radius 2 is 1.90 bits per heavy atom. The second-order valence-electron chi connectivity index (χ2n) is 7.41. The summed E-state index contributed by atoms with van der Waals surface area (Å²) >= 11 is 3.50. The normalized spacial score (nSPS) is 15.7. The van der Waals surface area contributed by atoms with E-state index in [4.69, 9.17) is 9.84 Å². The summed E-state index contributed by atoms with van der Waals surface area (Å²) in [7, 11) is 0. The molecule has 0 atom stereocenters. The summed E-state index contributed by atoms with van der Waals surface area (Å²) in [4.78, 5) is 15.6. The van der Waals surface area contributed by atoms with Crippen molar-refractivity contribution in [2.24, 2.45) is 0 Å². The average molecular weight is 470 g/mol. The molecule has 0 aliphatic carbocycles. The molecule has 30 heavy (non-hydrogen) atoms. The Labute approximate surface area is 184 Å². The number of rotatable bonds is 5. The number of aromatic nitrogens is 4. The SMILES string of the molecule is CCOC(=O)N1CCC(c2ccccc2)(c2nnn(Cc3cccc(Br)c3)n2)CC1. The Hall–Kier alpha value is -2.74. The molecule has 1 amide bonds. The van der Waals surface area contributed by atoms with Crippen LogP contribution in [-0.4, -0.2) is 50.9 Å². The van der Waals surface area contributed by atoms with Crippen LogP contribution in [0.3, 0.4) is 0 Å². The van der Waals surface area contributed by atoms with Crippen molar-refractivity contribution < 1.29 is 9.53 Å². The summed E-state index contributed by atoms with van der Waals surface area (Å²) < 4.78 is 6.20. The molecular weight excluding hydrogens is 446 g/mol. The van der Waals surface area contributed by atoms with Gasteiger partial charge in [-0.25, -0.2) is 4.79 Å². The van der Waals surface area contributed by atoms with Crippen molar-refractivity contribution in [1.82, 2.24) is 25.1 Å². The van der Waals surface area contributed by atoms with Crippen LogP contribution in [0.15, 0.2) is 59.1 Å². The molecule has 1 saturated heterocycles. The van der Waals surface area contributed by atoms with Crippen molar-refractivity contribution in [3.63, 3.8) is 0 Å². The number of amides is 1. The van der Waals surface area contributed by atoms with E-state index in [1.54, 1.807) is 9.70 Å². The number of nitrogens with zero attached hydrogens (tertiary/aromatic N) is 5. The number of carbonyl (C=O) groups excluding carboxylic acids is 1. The minimum absolute atomic E-state index is 0.259. The Bertz CT molecular complexity index is 1000. The first-order valence-corrected chi connectivity index (χ1v) is 10.9.